The molecule has 2 N–H and O–H groups in total. The first-order chi connectivity index (χ1) is 12.5. The molecule has 1 aromatic heterocycles. The highest BCUT2D eigenvalue weighted by Crippen LogP contribution is 2.14. The first kappa shape index (κ1) is 18.2. The van der Waals surface area contributed by atoms with E-state index in [9.17, 15) is 9.59 Å². The van der Waals surface area contributed by atoms with Gasteiger partial charge in [0, 0.05) is 29.1 Å². The van der Waals surface area contributed by atoms with Crippen molar-refractivity contribution in [3.63, 3.8) is 0 Å². The maximum absolute atomic E-state index is 12.2. The molecule has 0 saturated carbocycles. The van der Waals surface area contributed by atoms with E-state index in [-0.39, 0.29) is 11.5 Å². The zero-order chi connectivity index (χ0) is 18.5. The van der Waals surface area contributed by atoms with Gasteiger partial charge in [0.25, 0.3) is 5.56 Å². The first-order valence-electron chi connectivity index (χ1n) is 8.65. The third-order valence-corrected chi connectivity index (χ3v) is 4.60. The number of hydrogen-bond acceptors (Lipinski definition) is 2. The molecule has 0 aliphatic rings. The van der Waals surface area contributed by atoms with E-state index >= 15 is 0 Å². The third kappa shape index (κ3) is 4.73. The molecule has 3 rings (SSSR count). The average molecular weight is 369 g/mol. The highest BCUT2D eigenvalue weighted by atomic mass is 35.5. The second-order valence-corrected chi connectivity index (χ2v) is 6.88. The average Bonchev–Trinajstić information content (AvgIpc) is 2.62. The van der Waals surface area contributed by atoms with Gasteiger partial charge in [-0.3, -0.25) is 9.59 Å². The molecule has 0 spiro atoms. The summed E-state index contributed by atoms with van der Waals surface area (Å²) in [4.78, 5) is 27.1. The number of amides is 1. The number of rotatable bonds is 6. The molecule has 5 heteroatoms. The minimum atomic E-state index is -0.129. The van der Waals surface area contributed by atoms with E-state index in [0.29, 0.717) is 30.0 Å². The molecule has 0 radical (unpaired) electrons. The summed E-state index contributed by atoms with van der Waals surface area (Å²) in [6.07, 6.45) is 1.46. The normalized spacial score (nSPS) is 10.8. The van der Waals surface area contributed by atoms with E-state index in [1.807, 2.05) is 55.5 Å². The predicted octanol–water partition coefficient (Wildman–Crippen LogP) is 3.78. The van der Waals surface area contributed by atoms with E-state index in [0.717, 1.165) is 28.5 Å². The summed E-state index contributed by atoms with van der Waals surface area (Å²) in [5, 5.41) is 4.59. The zero-order valence-electron chi connectivity index (χ0n) is 14.6. The van der Waals surface area contributed by atoms with Crippen molar-refractivity contribution in [3.05, 3.63) is 80.6 Å². The molecule has 1 heterocycles. The summed E-state index contributed by atoms with van der Waals surface area (Å²) < 4.78 is 0. The Bertz CT molecular complexity index is 977. The number of aromatic amines is 1. The molecular formula is C21H21ClN2O2. The molecule has 0 bridgehead atoms. The molecule has 26 heavy (non-hydrogen) atoms. The van der Waals surface area contributed by atoms with Crippen LogP contribution >= 0.6 is 11.6 Å². The van der Waals surface area contributed by atoms with Crippen molar-refractivity contribution < 1.29 is 4.79 Å². The van der Waals surface area contributed by atoms with Gasteiger partial charge in [-0.05, 0) is 61.0 Å². The second-order valence-electron chi connectivity index (χ2n) is 6.44. The minimum Gasteiger partial charge on any atom is -0.356 e. The third-order valence-electron chi connectivity index (χ3n) is 4.35. The number of pyridine rings is 1. The van der Waals surface area contributed by atoms with Gasteiger partial charge in [-0.1, -0.05) is 35.4 Å². The second kappa shape index (κ2) is 8.19. The van der Waals surface area contributed by atoms with Gasteiger partial charge in [0.1, 0.15) is 0 Å². The highest BCUT2D eigenvalue weighted by molar-refractivity contribution is 6.30. The van der Waals surface area contributed by atoms with Crippen LogP contribution in [-0.2, 0) is 17.6 Å². The number of aryl methyl sites for hydroxylation is 2. The number of carbonyl (C=O) groups is 1. The van der Waals surface area contributed by atoms with Crippen LogP contribution in [0.5, 0.6) is 0 Å². The van der Waals surface area contributed by atoms with Crippen molar-refractivity contribution >= 4 is 28.4 Å². The molecule has 0 fully saturated rings. The molecule has 4 nitrogen and oxygen atoms in total. The Labute approximate surface area is 157 Å². The summed E-state index contributed by atoms with van der Waals surface area (Å²) in [5.41, 5.74) is 3.58. The number of carbonyl (C=O) groups excluding carboxylic acids is 1. The van der Waals surface area contributed by atoms with Crippen molar-refractivity contribution in [2.24, 2.45) is 0 Å². The predicted molar refractivity (Wildman–Crippen MR) is 106 cm³/mol. The Kier molecular flexibility index (Phi) is 5.74. The van der Waals surface area contributed by atoms with Crippen LogP contribution in [0.4, 0.5) is 0 Å². The van der Waals surface area contributed by atoms with Gasteiger partial charge in [0.15, 0.2) is 0 Å². The highest BCUT2D eigenvalue weighted by Gasteiger charge is 2.07. The molecular weight excluding hydrogens is 348 g/mol. The Balaban J connectivity index is 1.54. The van der Waals surface area contributed by atoms with Crippen LogP contribution in [0.2, 0.25) is 5.02 Å². The Hall–Kier alpha value is -2.59. The van der Waals surface area contributed by atoms with Crippen LogP contribution in [0.3, 0.4) is 0 Å². The van der Waals surface area contributed by atoms with Gasteiger partial charge >= 0.3 is 0 Å². The fourth-order valence-electron chi connectivity index (χ4n) is 2.89. The largest absolute Gasteiger partial charge is 0.356 e. The minimum absolute atomic E-state index is 0.0531. The Morgan fingerprint density at radius 1 is 1.08 bits per heavy atom. The topological polar surface area (TPSA) is 62.0 Å². The van der Waals surface area contributed by atoms with E-state index < -0.39 is 0 Å². The number of H-pyrrole nitrogens is 1. The lowest BCUT2D eigenvalue weighted by Crippen LogP contribution is -2.26. The van der Waals surface area contributed by atoms with Crippen molar-refractivity contribution in [2.45, 2.75) is 26.2 Å². The molecule has 0 aliphatic carbocycles. The maximum atomic E-state index is 12.2. The van der Waals surface area contributed by atoms with Gasteiger partial charge in [-0.25, -0.2) is 0 Å². The first-order valence-corrected chi connectivity index (χ1v) is 9.03. The fourth-order valence-corrected chi connectivity index (χ4v) is 3.02. The molecule has 1 amide bonds. The molecule has 134 valence electrons. The lowest BCUT2D eigenvalue weighted by Gasteiger charge is -2.07. The van der Waals surface area contributed by atoms with Gasteiger partial charge in [0.2, 0.25) is 5.91 Å². The van der Waals surface area contributed by atoms with E-state index in [1.54, 1.807) is 0 Å². The number of halogens is 1. The van der Waals surface area contributed by atoms with Crippen molar-refractivity contribution in [1.82, 2.24) is 10.3 Å². The number of nitrogens with one attached hydrogen (secondary N) is 2. The van der Waals surface area contributed by atoms with Crippen LogP contribution in [0, 0.1) is 6.92 Å². The SMILES string of the molecule is Cc1ccc2[nH]c(=O)c(CCC(=O)NCCc3ccc(Cl)cc3)cc2c1. The zero-order valence-corrected chi connectivity index (χ0v) is 15.4. The summed E-state index contributed by atoms with van der Waals surface area (Å²) in [6.45, 7) is 2.58. The van der Waals surface area contributed by atoms with Crippen LogP contribution in [0.25, 0.3) is 10.9 Å². The monoisotopic (exact) mass is 368 g/mol. The van der Waals surface area contributed by atoms with Gasteiger partial charge in [0.05, 0.1) is 0 Å². The standard InChI is InChI=1S/C21H21ClN2O2/c1-14-2-8-19-17(12-14)13-16(21(26)24-19)5-9-20(25)23-11-10-15-3-6-18(22)7-4-15/h2-4,6-8,12-13H,5,9-11H2,1H3,(H,23,25)(H,24,26). The molecule has 0 atom stereocenters. The molecule has 0 saturated heterocycles. The lowest BCUT2D eigenvalue weighted by atomic mass is 10.1. The quantitative estimate of drug-likeness (QED) is 0.695. The van der Waals surface area contributed by atoms with Crippen molar-refractivity contribution in [2.75, 3.05) is 6.54 Å². The van der Waals surface area contributed by atoms with Crippen LogP contribution in [-0.4, -0.2) is 17.4 Å². The van der Waals surface area contributed by atoms with Crippen LogP contribution in [0.1, 0.15) is 23.1 Å². The van der Waals surface area contributed by atoms with Crippen LogP contribution < -0.4 is 10.9 Å². The number of fused-ring (bicyclic) bond motifs is 1. The fraction of sp³-hybridized carbons (Fsp3) is 0.238. The number of benzene rings is 2. The van der Waals surface area contributed by atoms with Gasteiger partial charge < -0.3 is 10.3 Å². The van der Waals surface area contributed by atoms with Crippen molar-refractivity contribution in [1.29, 1.82) is 0 Å². The van der Waals surface area contributed by atoms with Crippen LogP contribution in [0.15, 0.2) is 53.3 Å². The molecule has 3 aromatic rings. The van der Waals surface area contributed by atoms with Gasteiger partial charge in [-0.2, -0.15) is 0 Å². The van der Waals surface area contributed by atoms with Crippen molar-refractivity contribution in [3.8, 4) is 0 Å². The molecule has 2 aromatic carbocycles. The van der Waals surface area contributed by atoms with E-state index in [4.69, 9.17) is 11.6 Å². The Morgan fingerprint density at radius 3 is 2.62 bits per heavy atom. The molecule has 0 unspecified atom stereocenters. The number of aromatic nitrogens is 1. The Morgan fingerprint density at radius 2 is 1.85 bits per heavy atom. The van der Waals surface area contributed by atoms with Gasteiger partial charge in [-0.15, -0.1) is 0 Å². The smallest absolute Gasteiger partial charge is 0.251 e. The van der Waals surface area contributed by atoms with E-state index in [2.05, 4.69) is 10.3 Å². The summed E-state index contributed by atoms with van der Waals surface area (Å²) in [5.74, 6) is -0.0531. The summed E-state index contributed by atoms with van der Waals surface area (Å²) >= 11 is 5.86. The van der Waals surface area contributed by atoms with E-state index in [1.165, 1.54) is 0 Å². The molecule has 0 aliphatic heterocycles. The maximum Gasteiger partial charge on any atom is 0.251 e. The number of hydrogen-bond donors (Lipinski definition) is 2. The summed E-state index contributed by atoms with van der Waals surface area (Å²) in [6, 6.07) is 15.4. The summed E-state index contributed by atoms with van der Waals surface area (Å²) in [7, 11) is 0. The lowest BCUT2D eigenvalue weighted by molar-refractivity contribution is -0.121.